The van der Waals surface area contributed by atoms with E-state index in [1.807, 2.05) is 0 Å². The minimum Gasteiger partial charge on any atom is -0.381 e. The maximum Gasteiger partial charge on any atom is 0.155 e. The number of hydrogen-bond acceptors (Lipinski definition) is 3. The molecule has 0 bridgehead atoms. The molecule has 13 heavy (non-hydrogen) atoms. The van der Waals surface area contributed by atoms with Gasteiger partial charge in [0.2, 0.25) is 0 Å². The summed E-state index contributed by atoms with van der Waals surface area (Å²) in [6.45, 7) is 1.33. The SMILES string of the molecule is NC(C(=O)C1CCOC1)C1CCC1. The third-order valence-electron chi connectivity index (χ3n) is 3.32. The van der Waals surface area contributed by atoms with Crippen LogP contribution in [-0.2, 0) is 9.53 Å². The van der Waals surface area contributed by atoms with Gasteiger partial charge in [0, 0.05) is 12.5 Å². The van der Waals surface area contributed by atoms with Crippen molar-refractivity contribution in [1.82, 2.24) is 0 Å². The minimum absolute atomic E-state index is 0.0931. The molecule has 2 aliphatic rings. The predicted molar refractivity (Wildman–Crippen MR) is 49.2 cm³/mol. The molecule has 3 nitrogen and oxygen atoms in total. The zero-order chi connectivity index (χ0) is 9.26. The fourth-order valence-corrected chi connectivity index (χ4v) is 2.06. The van der Waals surface area contributed by atoms with E-state index in [1.165, 1.54) is 6.42 Å². The monoisotopic (exact) mass is 183 g/mol. The fourth-order valence-electron chi connectivity index (χ4n) is 2.06. The number of carbonyl (C=O) groups excluding carboxylic acids is 1. The molecule has 1 saturated carbocycles. The molecule has 0 radical (unpaired) electrons. The topological polar surface area (TPSA) is 52.3 Å². The molecular weight excluding hydrogens is 166 g/mol. The Hall–Kier alpha value is -0.410. The van der Waals surface area contributed by atoms with E-state index in [0.29, 0.717) is 12.5 Å². The van der Waals surface area contributed by atoms with Crippen LogP contribution >= 0.6 is 0 Å². The maximum atomic E-state index is 11.8. The molecule has 1 aliphatic carbocycles. The summed E-state index contributed by atoms with van der Waals surface area (Å²) in [6.07, 6.45) is 4.40. The number of carbonyl (C=O) groups is 1. The minimum atomic E-state index is -0.208. The van der Waals surface area contributed by atoms with Gasteiger partial charge in [-0.3, -0.25) is 4.79 Å². The Balaban J connectivity index is 1.87. The molecule has 2 atom stereocenters. The molecule has 1 heterocycles. The smallest absolute Gasteiger partial charge is 0.155 e. The molecule has 1 saturated heterocycles. The van der Waals surface area contributed by atoms with Crippen molar-refractivity contribution < 1.29 is 9.53 Å². The van der Waals surface area contributed by atoms with Gasteiger partial charge in [-0.2, -0.15) is 0 Å². The lowest BCUT2D eigenvalue weighted by Gasteiger charge is -2.31. The average molecular weight is 183 g/mol. The van der Waals surface area contributed by atoms with E-state index in [4.69, 9.17) is 10.5 Å². The first-order valence-electron chi connectivity index (χ1n) is 5.16. The maximum absolute atomic E-state index is 11.8. The van der Waals surface area contributed by atoms with Crippen molar-refractivity contribution >= 4 is 5.78 Å². The molecule has 1 aliphatic heterocycles. The lowest BCUT2D eigenvalue weighted by molar-refractivity contribution is -0.126. The van der Waals surface area contributed by atoms with Gasteiger partial charge in [-0.05, 0) is 25.2 Å². The van der Waals surface area contributed by atoms with Crippen molar-refractivity contribution in [2.45, 2.75) is 31.7 Å². The lowest BCUT2D eigenvalue weighted by atomic mass is 9.76. The van der Waals surface area contributed by atoms with E-state index in [9.17, 15) is 4.79 Å². The molecule has 0 amide bonds. The summed E-state index contributed by atoms with van der Waals surface area (Å²) in [5.41, 5.74) is 5.90. The fraction of sp³-hybridized carbons (Fsp3) is 0.900. The number of rotatable bonds is 3. The summed E-state index contributed by atoms with van der Waals surface area (Å²) < 4.78 is 5.18. The predicted octanol–water partition coefficient (Wildman–Crippen LogP) is 0.719. The van der Waals surface area contributed by atoms with Crippen LogP contribution in [0.1, 0.15) is 25.7 Å². The summed E-state index contributed by atoms with van der Waals surface area (Å²) in [5, 5.41) is 0. The first-order chi connectivity index (χ1) is 6.29. The Morgan fingerprint density at radius 1 is 1.38 bits per heavy atom. The van der Waals surface area contributed by atoms with E-state index in [1.54, 1.807) is 0 Å². The second kappa shape index (κ2) is 3.76. The number of ether oxygens (including phenoxy) is 1. The highest BCUT2D eigenvalue weighted by atomic mass is 16.5. The van der Waals surface area contributed by atoms with Gasteiger partial charge < -0.3 is 10.5 Å². The van der Waals surface area contributed by atoms with Crippen molar-refractivity contribution in [2.24, 2.45) is 17.6 Å². The molecule has 0 aromatic carbocycles. The molecule has 2 fully saturated rings. The third-order valence-corrected chi connectivity index (χ3v) is 3.32. The Morgan fingerprint density at radius 3 is 2.62 bits per heavy atom. The second-order valence-electron chi connectivity index (χ2n) is 4.18. The van der Waals surface area contributed by atoms with Gasteiger partial charge in [-0.15, -0.1) is 0 Å². The highest BCUT2D eigenvalue weighted by Gasteiger charge is 2.34. The summed E-state index contributed by atoms with van der Waals surface area (Å²) in [6, 6.07) is -0.208. The van der Waals surface area contributed by atoms with Crippen LogP contribution in [0.25, 0.3) is 0 Å². The van der Waals surface area contributed by atoms with Gasteiger partial charge in [0.25, 0.3) is 0 Å². The molecule has 0 spiro atoms. The Labute approximate surface area is 78.6 Å². The molecule has 2 N–H and O–H groups in total. The van der Waals surface area contributed by atoms with Crippen LogP contribution in [-0.4, -0.2) is 25.0 Å². The Kier molecular flexibility index (Phi) is 2.65. The highest BCUT2D eigenvalue weighted by Crippen LogP contribution is 2.30. The van der Waals surface area contributed by atoms with Gasteiger partial charge >= 0.3 is 0 Å². The number of Topliss-reactive ketones (excluding diaryl/α,β-unsaturated/α-hetero) is 1. The molecule has 2 rings (SSSR count). The van der Waals surface area contributed by atoms with Crippen molar-refractivity contribution in [2.75, 3.05) is 13.2 Å². The summed E-state index contributed by atoms with van der Waals surface area (Å²) in [5.74, 6) is 0.797. The number of nitrogens with two attached hydrogens (primary N) is 1. The zero-order valence-corrected chi connectivity index (χ0v) is 7.87. The normalized spacial score (nSPS) is 31.3. The standard InChI is InChI=1S/C10H17NO2/c11-9(7-2-1-3-7)10(12)8-4-5-13-6-8/h7-9H,1-6,11H2. The Morgan fingerprint density at radius 2 is 2.15 bits per heavy atom. The van der Waals surface area contributed by atoms with Gasteiger partial charge in [0.15, 0.2) is 5.78 Å². The van der Waals surface area contributed by atoms with Gasteiger partial charge in [-0.25, -0.2) is 0 Å². The quantitative estimate of drug-likeness (QED) is 0.701. The van der Waals surface area contributed by atoms with Crippen molar-refractivity contribution in [1.29, 1.82) is 0 Å². The summed E-state index contributed by atoms with van der Waals surface area (Å²) in [7, 11) is 0. The van der Waals surface area contributed by atoms with Gasteiger partial charge in [0.05, 0.1) is 12.6 Å². The molecule has 2 unspecified atom stereocenters. The summed E-state index contributed by atoms with van der Waals surface area (Å²) >= 11 is 0. The van der Waals surface area contributed by atoms with Crippen molar-refractivity contribution in [3.63, 3.8) is 0 Å². The largest absolute Gasteiger partial charge is 0.381 e. The molecular formula is C10H17NO2. The van der Waals surface area contributed by atoms with Crippen LogP contribution in [0.2, 0.25) is 0 Å². The van der Waals surface area contributed by atoms with Crippen molar-refractivity contribution in [3.05, 3.63) is 0 Å². The van der Waals surface area contributed by atoms with Crippen LogP contribution in [0.4, 0.5) is 0 Å². The number of hydrogen-bond donors (Lipinski definition) is 1. The van der Waals surface area contributed by atoms with E-state index in [0.717, 1.165) is 25.9 Å². The van der Waals surface area contributed by atoms with Crippen LogP contribution < -0.4 is 5.73 Å². The zero-order valence-electron chi connectivity index (χ0n) is 7.87. The van der Waals surface area contributed by atoms with Gasteiger partial charge in [-0.1, -0.05) is 6.42 Å². The third kappa shape index (κ3) is 1.76. The highest BCUT2D eigenvalue weighted by molar-refractivity contribution is 5.86. The average Bonchev–Trinajstić information content (AvgIpc) is 2.51. The van der Waals surface area contributed by atoms with Crippen molar-refractivity contribution in [3.8, 4) is 0 Å². The van der Waals surface area contributed by atoms with E-state index in [-0.39, 0.29) is 17.7 Å². The van der Waals surface area contributed by atoms with E-state index < -0.39 is 0 Å². The van der Waals surface area contributed by atoms with Crippen LogP contribution in [0.5, 0.6) is 0 Å². The van der Waals surface area contributed by atoms with E-state index >= 15 is 0 Å². The first-order valence-corrected chi connectivity index (χ1v) is 5.16. The van der Waals surface area contributed by atoms with Crippen LogP contribution in [0, 0.1) is 11.8 Å². The molecule has 74 valence electrons. The van der Waals surface area contributed by atoms with E-state index in [2.05, 4.69) is 0 Å². The summed E-state index contributed by atoms with van der Waals surface area (Å²) in [4.78, 5) is 11.8. The molecule has 0 aromatic rings. The van der Waals surface area contributed by atoms with Crippen LogP contribution in [0.15, 0.2) is 0 Å². The Bertz CT molecular complexity index is 195. The molecule has 0 aromatic heterocycles. The number of ketones is 1. The van der Waals surface area contributed by atoms with Gasteiger partial charge in [0.1, 0.15) is 0 Å². The second-order valence-corrected chi connectivity index (χ2v) is 4.18. The van der Waals surface area contributed by atoms with Crippen LogP contribution in [0.3, 0.4) is 0 Å². The first kappa shape index (κ1) is 9.16. The lowest BCUT2D eigenvalue weighted by Crippen LogP contribution is -2.44. The molecule has 3 heteroatoms.